The number of anilines is 1. The van der Waals surface area contributed by atoms with Crippen molar-refractivity contribution in [1.29, 1.82) is 0 Å². The molecule has 0 spiro atoms. The van der Waals surface area contributed by atoms with E-state index in [1.165, 1.54) is 19.1 Å². The topological polar surface area (TPSA) is 77.1 Å². The van der Waals surface area contributed by atoms with Crippen LogP contribution in [-0.4, -0.2) is 30.1 Å². The van der Waals surface area contributed by atoms with E-state index in [2.05, 4.69) is 20.4 Å². The molecule has 0 aliphatic carbocycles. The van der Waals surface area contributed by atoms with Gasteiger partial charge in [-0.25, -0.2) is 18.9 Å². The fourth-order valence-corrected chi connectivity index (χ4v) is 2.80. The number of aryl methyl sites for hydroxylation is 1. The first-order valence-corrected chi connectivity index (χ1v) is 7.93. The van der Waals surface area contributed by atoms with E-state index < -0.39 is 0 Å². The van der Waals surface area contributed by atoms with Crippen molar-refractivity contribution in [2.75, 3.05) is 5.32 Å². The highest BCUT2D eigenvalue weighted by Gasteiger charge is 2.16. The monoisotopic (exact) mass is 350 g/mol. The molecule has 1 aromatic carbocycles. The number of halogens is 1. The molecule has 0 saturated heterocycles. The van der Waals surface area contributed by atoms with Crippen LogP contribution >= 0.6 is 0 Å². The molecule has 0 fully saturated rings. The Hall–Kier alpha value is -3.55. The largest absolute Gasteiger partial charge is 0.332 e. The van der Waals surface area contributed by atoms with Gasteiger partial charge in [0.05, 0.1) is 23.9 Å². The maximum Gasteiger partial charge on any atom is 0.222 e. The predicted octanol–water partition coefficient (Wildman–Crippen LogP) is 2.89. The Labute approximate surface area is 148 Å². The quantitative estimate of drug-likeness (QED) is 0.616. The standard InChI is InChI=1S/C18H15FN6O/c1-11(26)21-15-9-25-16(22-15)8-7-14(23-25)18-17(20-10-24(18)2)12-3-5-13(19)6-4-12/h3-10H,1-2H3,(H,21,26). The lowest BCUT2D eigenvalue weighted by molar-refractivity contribution is -0.114. The Morgan fingerprint density at radius 2 is 1.92 bits per heavy atom. The van der Waals surface area contributed by atoms with E-state index in [0.29, 0.717) is 22.9 Å². The number of imidazole rings is 2. The van der Waals surface area contributed by atoms with E-state index in [9.17, 15) is 9.18 Å². The first-order valence-electron chi connectivity index (χ1n) is 7.93. The van der Waals surface area contributed by atoms with E-state index in [4.69, 9.17) is 0 Å². The van der Waals surface area contributed by atoms with Gasteiger partial charge in [-0.15, -0.1) is 0 Å². The number of aromatic nitrogens is 5. The van der Waals surface area contributed by atoms with Gasteiger partial charge in [0.1, 0.15) is 11.5 Å². The zero-order valence-corrected chi connectivity index (χ0v) is 14.1. The van der Waals surface area contributed by atoms with E-state index in [0.717, 1.165) is 11.3 Å². The van der Waals surface area contributed by atoms with Crippen LogP contribution in [-0.2, 0) is 11.8 Å². The minimum absolute atomic E-state index is 0.195. The third-order valence-electron chi connectivity index (χ3n) is 3.92. The smallest absolute Gasteiger partial charge is 0.222 e. The Morgan fingerprint density at radius 1 is 1.15 bits per heavy atom. The molecule has 0 unspecified atom stereocenters. The number of nitrogens with zero attached hydrogens (tertiary/aromatic N) is 5. The molecule has 130 valence electrons. The Bertz CT molecular complexity index is 1110. The summed E-state index contributed by atoms with van der Waals surface area (Å²) in [5.41, 5.74) is 3.61. The number of fused-ring (bicyclic) bond motifs is 1. The zero-order chi connectivity index (χ0) is 18.3. The maximum atomic E-state index is 13.2. The molecule has 0 bridgehead atoms. The molecule has 0 radical (unpaired) electrons. The highest BCUT2D eigenvalue weighted by Crippen LogP contribution is 2.29. The lowest BCUT2D eigenvalue weighted by Gasteiger charge is -2.06. The van der Waals surface area contributed by atoms with Crippen LogP contribution in [0.15, 0.2) is 48.9 Å². The summed E-state index contributed by atoms with van der Waals surface area (Å²) < 4.78 is 16.7. The van der Waals surface area contributed by atoms with E-state index in [1.54, 1.807) is 29.2 Å². The second-order valence-corrected chi connectivity index (χ2v) is 5.89. The van der Waals surface area contributed by atoms with Crippen molar-refractivity contribution in [3.05, 3.63) is 54.7 Å². The molecule has 0 aliphatic rings. The lowest BCUT2D eigenvalue weighted by atomic mass is 10.1. The summed E-state index contributed by atoms with van der Waals surface area (Å²) in [7, 11) is 1.87. The molecular weight excluding hydrogens is 335 g/mol. The predicted molar refractivity (Wildman–Crippen MR) is 94.9 cm³/mol. The van der Waals surface area contributed by atoms with Crippen LogP contribution in [0.3, 0.4) is 0 Å². The molecule has 1 N–H and O–H groups in total. The van der Waals surface area contributed by atoms with Crippen LogP contribution in [0.5, 0.6) is 0 Å². The number of benzene rings is 1. The van der Waals surface area contributed by atoms with Crippen molar-refractivity contribution in [3.63, 3.8) is 0 Å². The second-order valence-electron chi connectivity index (χ2n) is 5.89. The van der Waals surface area contributed by atoms with E-state index in [1.807, 2.05) is 23.7 Å². The van der Waals surface area contributed by atoms with Crippen molar-refractivity contribution >= 4 is 17.4 Å². The van der Waals surface area contributed by atoms with Crippen LogP contribution < -0.4 is 5.32 Å². The van der Waals surface area contributed by atoms with Gasteiger partial charge in [-0.3, -0.25) is 4.79 Å². The molecule has 26 heavy (non-hydrogen) atoms. The average Bonchev–Trinajstić information content (AvgIpc) is 3.17. The molecule has 0 atom stereocenters. The minimum Gasteiger partial charge on any atom is -0.332 e. The van der Waals surface area contributed by atoms with E-state index >= 15 is 0 Å². The third kappa shape index (κ3) is 2.81. The minimum atomic E-state index is -0.297. The van der Waals surface area contributed by atoms with Crippen LogP contribution in [0.25, 0.3) is 28.3 Å². The van der Waals surface area contributed by atoms with Crippen molar-refractivity contribution in [3.8, 4) is 22.6 Å². The van der Waals surface area contributed by atoms with Gasteiger partial charge in [0.2, 0.25) is 5.91 Å². The summed E-state index contributed by atoms with van der Waals surface area (Å²) in [6.07, 6.45) is 3.34. The Morgan fingerprint density at radius 3 is 2.65 bits per heavy atom. The van der Waals surface area contributed by atoms with Gasteiger partial charge in [0.25, 0.3) is 0 Å². The molecule has 4 aromatic rings. The molecule has 7 nitrogen and oxygen atoms in total. The Balaban J connectivity index is 1.81. The van der Waals surface area contributed by atoms with Gasteiger partial charge in [-0.1, -0.05) is 0 Å². The number of nitrogens with one attached hydrogen (secondary N) is 1. The van der Waals surface area contributed by atoms with Gasteiger partial charge in [-0.2, -0.15) is 5.10 Å². The SMILES string of the molecule is CC(=O)Nc1cn2nc(-c3c(-c4ccc(F)cc4)ncn3C)ccc2n1. The number of hydrogen-bond acceptors (Lipinski definition) is 4. The van der Waals surface area contributed by atoms with Crippen molar-refractivity contribution in [2.45, 2.75) is 6.92 Å². The fraction of sp³-hybridized carbons (Fsp3) is 0.111. The summed E-state index contributed by atoms with van der Waals surface area (Å²) in [5, 5.41) is 7.22. The highest BCUT2D eigenvalue weighted by molar-refractivity contribution is 5.87. The number of amides is 1. The first kappa shape index (κ1) is 15.9. The summed E-state index contributed by atoms with van der Waals surface area (Å²) in [6, 6.07) is 9.83. The molecule has 3 aromatic heterocycles. The van der Waals surface area contributed by atoms with Crippen molar-refractivity contribution in [2.24, 2.45) is 7.05 Å². The average molecular weight is 350 g/mol. The highest BCUT2D eigenvalue weighted by atomic mass is 19.1. The normalized spacial score (nSPS) is 11.0. The van der Waals surface area contributed by atoms with Crippen LogP contribution in [0.4, 0.5) is 10.2 Å². The molecule has 3 heterocycles. The summed E-state index contributed by atoms with van der Waals surface area (Å²) in [6.45, 7) is 1.42. The van der Waals surface area contributed by atoms with Crippen molar-refractivity contribution in [1.82, 2.24) is 24.1 Å². The number of rotatable bonds is 3. The third-order valence-corrected chi connectivity index (χ3v) is 3.92. The first-order chi connectivity index (χ1) is 12.5. The summed E-state index contributed by atoms with van der Waals surface area (Å²) >= 11 is 0. The zero-order valence-electron chi connectivity index (χ0n) is 14.1. The van der Waals surface area contributed by atoms with Gasteiger partial charge >= 0.3 is 0 Å². The molecular formula is C18H15FN6O. The number of carbonyl (C=O) groups is 1. The fourth-order valence-electron chi connectivity index (χ4n) is 2.80. The molecule has 8 heteroatoms. The van der Waals surface area contributed by atoms with Crippen molar-refractivity contribution < 1.29 is 9.18 Å². The Kier molecular flexibility index (Phi) is 3.72. The molecule has 1 amide bonds. The van der Waals surface area contributed by atoms with Gasteiger partial charge in [0, 0.05) is 19.5 Å². The molecule has 4 rings (SSSR count). The number of carbonyl (C=O) groups excluding carboxylic acids is 1. The lowest BCUT2D eigenvalue weighted by Crippen LogP contribution is -2.05. The summed E-state index contributed by atoms with van der Waals surface area (Å²) in [5.74, 6) is -0.0560. The van der Waals surface area contributed by atoms with E-state index in [-0.39, 0.29) is 11.7 Å². The van der Waals surface area contributed by atoms with Crippen LogP contribution in [0, 0.1) is 5.82 Å². The van der Waals surface area contributed by atoms with Gasteiger partial charge in [0.15, 0.2) is 11.5 Å². The van der Waals surface area contributed by atoms with Crippen LogP contribution in [0.1, 0.15) is 6.92 Å². The van der Waals surface area contributed by atoms with Gasteiger partial charge < -0.3 is 9.88 Å². The summed E-state index contributed by atoms with van der Waals surface area (Å²) in [4.78, 5) is 19.9. The number of hydrogen-bond donors (Lipinski definition) is 1. The maximum absolute atomic E-state index is 13.2. The van der Waals surface area contributed by atoms with Gasteiger partial charge in [-0.05, 0) is 36.4 Å². The molecule has 0 saturated carbocycles. The molecule has 0 aliphatic heterocycles. The van der Waals surface area contributed by atoms with Crippen LogP contribution in [0.2, 0.25) is 0 Å². The second kappa shape index (κ2) is 6.07.